The lowest BCUT2D eigenvalue weighted by atomic mass is 9.92. The fraction of sp³-hybridized carbons (Fsp3) is 0.545. The molecule has 0 unspecified atom stereocenters. The van der Waals surface area contributed by atoms with Gasteiger partial charge in [0.25, 0.3) is 5.91 Å². The van der Waals surface area contributed by atoms with Gasteiger partial charge in [-0.25, -0.2) is 9.50 Å². The van der Waals surface area contributed by atoms with E-state index in [-0.39, 0.29) is 17.5 Å². The van der Waals surface area contributed by atoms with Gasteiger partial charge < -0.3 is 4.90 Å². The summed E-state index contributed by atoms with van der Waals surface area (Å²) in [4.78, 5) is 19.1. The standard InChI is InChI=1S/C22H27F3N6O/c1-13-15(12-26-29(13)5)20(32)30-8-6-14(7-9-30)16-10-18(22(23,24)25)31-19(27-16)11-17(28-31)21(2,3)4/h10-12,14H,6-9H2,1-5H3. The lowest BCUT2D eigenvalue weighted by Gasteiger charge is -2.32. The van der Waals surface area contributed by atoms with Gasteiger partial charge in [-0.3, -0.25) is 9.48 Å². The Kier molecular flexibility index (Phi) is 5.29. The van der Waals surface area contributed by atoms with Crippen LogP contribution in [-0.4, -0.2) is 48.3 Å². The molecule has 0 N–H and O–H groups in total. The number of aromatic nitrogens is 5. The summed E-state index contributed by atoms with van der Waals surface area (Å²) in [5, 5.41) is 8.31. The quantitative estimate of drug-likeness (QED) is 0.592. The van der Waals surface area contributed by atoms with Crippen LogP contribution in [0, 0.1) is 6.92 Å². The van der Waals surface area contributed by atoms with Crippen molar-refractivity contribution in [2.24, 2.45) is 7.05 Å². The van der Waals surface area contributed by atoms with E-state index in [4.69, 9.17) is 0 Å². The van der Waals surface area contributed by atoms with Crippen molar-refractivity contribution in [3.05, 3.63) is 46.7 Å². The normalized spacial score (nSPS) is 16.2. The molecular formula is C22H27F3N6O. The summed E-state index contributed by atoms with van der Waals surface area (Å²) in [5.74, 6) is -0.257. The summed E-state index contributed by atoms with van der Waals surface area (Å²) in [5.41, 5.74) is 1.28. The monoisotopic (exact) mass is 448 g/mol. The smallest absolute Gasteiger partial charge is 0.338 e. The summed E-state index contributed by atoms with van der Waals surface area (Å²) in [7, 11) is 1.78. The Morgan fingerprint density at radius 3 is 2.31 bits per heavy atom. The number of halogens is 3. The van der Waals surface area contributed by atoms with Crippen LogP contribution in [0.2, 0.25) is 0 Å². The Balaban J connectivity index is 1.60. The summed E-state index contributed by atoms with van der Waals surface area (Å²) < 4.78 is 44.0. The minimum Gasteiger partial charge on any atom is -0.338 e. The molecule has 1 aliphatic rings. The van der Waals surface area contributed by atoms with Crippen LogP contribution >= 0.6 is 0 Å². The highest BCUT2D eigenvalue weighted by Crippen LogP contribution is 2.35. The van der Waals surface area contributed by atoms with E-state index in [0.29, 0.717) is 42.9 Å². The molecule has 0 atom stereocenters. The van der Waals surface area contributed by atoms with Gasteiger partial charge in [-0.1, -0.05) is 20.8 Å². The second-order valence-electron chi connectivity index (χ2n) is 9.45. The van der Waals surface area contributed by atoms with E-state index >= 15 is 0 Å². The number of amides is 1. The molecule has 172 valence electrons. The minimum atomic E-state index is -4.55. The van der Waals surface area contributed by atoms with Gasteiger partial charge in [-0.2, -0.15) is 23.4 Å². The molecule has 4 rings (SSSR count). The van der Waals surface area contributed by atoms with Crippen LogP contribution in [-0.2, 0) is 18.6 Å². The summed E-state index contributed by atoms with van der Waals surface area (Å²) >= 11 is 0. The largest absolute Gasteiger partial charge is 0.433 e. The number of alkyl halides is 3. The van der Waals surface area contributed by atoms with Crippen molar-refractivity contribution in [2.45, 2.75) is 58.0 Å². The number of fused-ring (bicyclic) bond motifs is 1. The van der Waals surface area contributed by atoms with E-state index in [1.807, 2.05) is 27.7 Å². The zero-order chi connectivity index (χ0) is 23.4. The SMILES string of the molecule is Cc1c(C(=O)N2CCC(c3cc(C(F)(F)F)n4nc(C(C)(C)C)cc4n3)CC2)cnn1C. The Morgan fingerprint density at radius 2 is 1.78 bits per heavy atom. The molecule has 1 aliphatic heterocycles. The molecule has 7 nitrogen and oxygen atoms in total. The highest BCUT2D eigenvalue weighted by molar-refractivity contribution is 5.95. The van der Waals surface area contributed by atoms with Crippen LogP contribution in [0.3, 0.4) is 0 Å². The van der Waals surface area contributed by atoms with Gasteiger partial charge >= 0.3 is 6.18 Å². The van der Waals surface area contributed by atoms with Crippen LogP contribution < -0.4 is 0 Å². The number of hydrogen-bond donors (Lipinski definition) is 0. The summed E-state index contributed by atoms with van der Waals surface area (Å²) in [6.07, 6.45) is -1.90. The minimum absolute atomic E-state index is 0.0981. The molecule has 0 saturated carbocycles. The summed E-state index contributed by atoms with van der Waals surface area (Å²) in [6, 6.07) is 2.74. The number of nitrogens with zero attached hydrogens (tertiary/aromatic N) is 6. The maximum atomic E-state index is 13.8. The first kappa shape index (κ1) is 22.3. The predicted octanol–water partition coefficient (Wildman–Crippen LogP) is 4.11. The van der Waals surface area contributed by atoms with E-state index in [0.717, 1.165) is 16.3 Å². The van der Waals surface area contributed by atoms with Crippen molar-refractivity contribution >= 4 is 11.6 Å². The molecule has 0 spiro atoms. The molecule has 0 bridgehead atoms. The molecule has 3 aromatic heterocycles. The van der Waals surface area contributed by atoms with E-state index in [1.165, 1.54) is 0 Å². The third-order valence-corrected chi connectivity index (χ3v) is 6.17. The second-order valence-corrected chi connectivity index (χ2v) is 9.45. The molecule has 3 aromatic rings. The highest BCUT2D eigenvalue weighted by atomic mass is 19.4. The van der Waals surface area contributed by atoms with Gasteiger partial charge in [0.1, 0.15) is 5.69 Å². The Bertz CT molecular complexity index is 1160. The maximum Gasteiger partial charge on any atom is 0.433 e. The number of likely N-dealkylation sites (tertiary alicyclic amines) is 1. The van der Waals surface area contributed by atoms with E-state index in [9.17, 15) is 18.0 Å². The van der Waals surface area contributed by atoms with Crippen molar-refractivity contribution in [1.29, 1.82) is 0 Å². The Labute approximate surface area is 184 Å². The second kappa shape index (κ2) is 7.60. The molecule has 4 heterocycles. The molecule has 0 aliphatic carbocycles. The van der Waals surface area contributed by atoms with Crippen LogP contribution in [0.25, 0.3) is 5.65 Å². The Hall–Kier alpha value is -2.91. The van der Waals surface area contributed by atoms with Gasteiger partial charge in [0.05, 0.1) is 17.5 Å². The molecular weight excluding hydrogens is 421 g/mol. The van der Waals surface area contributed by atoms with Gasteiger partial charge in [-0.15, -0.1) is 0 Å². The average molecular weight is 448 g/mol. The molecule has 1 saturated heterocycles. The highest BCUT2D eigenvalue weighted by Gasteiger charge is 2.37. The van der Waals surface area contributed by atoms with Gasteiger partial charge in [0.15, 0.2) is 5.65 Å². The molecule has 10 heteroatoms. The predicted molar refractivity (Wildman–Crippen MR) is 113 cm³/mol. The van der Waals surface area contributed by atoms with Crippen molar-refractivity contribution in [3.63, 3.8) is 0 Å². The first-order valence-corrected chi connectivity index (χ1v) is 10.6. The van der Waals surface area contributed by atoms with Crippen molar-refractivity contribution in [2.75, 3.05) is 13.1 Å². The zero-order valence-electron chi connectivity index (χ0n) is 18.9. The van der Waals surface area contributed by atoms with Gasteiger partial charge in [0, 0.05) is 48.9 Å². The first-order chi connectivity index (χ1) is 14.9. The fourth-order valence-electron chi connectivity index (χ4n) is 4.03. The molecule has 1 fully saturated rings. The topological polar surface area (TPSA) is 68.3 Å². The number of carbonyl (C=O) groups excluding carboxylic acids is 1. The van der Waals surface area contributed by atoms with Crippen molar-refractivity contribution in [3.8, 4) is 0 Å². The molecule has 0 radical (unpaired) electrons. The van der Waals surface area contributed by atoms with E-state index < -0.39 is 17.3 Å². The van der Waals surface area contributed by atoms with Crippen LogP contribution in [0.4, 0.5) is 13.2 Å². The number of hydrogen-bond acceptors (Lipinski definition) is 4. The van der Waals surface area contributed by atoms with Crippen molar-refractivity contribution in [1.82, 2.24) is 29.3 Å². The third kappa shape index (κ3) is 3.98. The number of rotatable bonds is 2. The number of carbonyl (C=O) groups is 1. The lowest BCUT2D eigenvalue weighted by Crippen LogP contribution is -2.38. The van der Waals surface area contributed by atoms with E-state index in [2.05, 4.69) is 15.2 Å². The average Bonchev–Trinajstić information content (AvgIpc) is 3.30. The first-order valence-electron chi connectivity index (χ1n) is 10.6. The zero-order valence-corrected chi connectivity index (χ0v) is 18.9. The number of piperidine rings is 1. The Morgan fingerprint density at radius 1 is 1.12 bits per heavy atom. The van der Waals surface area contributed by atoms with Crippen LogP contribution in [0.1, 0.15) is 72.7 Å². The van der Waals surface area contributed by atoms with Gasteiger partial charge in [0.2, 0.25) is 0 Å². The molecule has 0 aromatic carbocycles. The summed E-state index contributed by atoms with van der Waals surface area (Å²) in [6.45, 7) is 8.46. The van der Waals surface area contributed by atoms with Gasteiger partial charge in [-0.05, 0) is 25.8 Å². The van der Waals surface area contributed by atoms with E-state index in [1.54, 1.807) is 28.9 Å². The number of aryl methyl sites for hydroxylation is 1. The maximum absolute atomic E-state index is 13.8. The molecule has 32 heavy (non-hydrogen) atoms. The van der Waals surface area contributed by atoms with Crippen LogP contribution in [0.5, 0.6) is 0 Å². The third-order valence-electron chi connectivity index (χ3n) is 6.17. The lowest BCUT2D eigenvalue weighted by molar-refractivity contribution is -0.142. The fourth-order valence-corrected chi connectivity index (χ4v) is 4.03. The molecule has 1 amide bonds. The van der Waals surface area contributed by atoms with Crippen molar-refractivity contribution < 1.29 is 18.0 Å². The van der Waals surface area contributed by atoms with Crippen LogP contribution in [0.15, 0.2) is 18.3 Å².